The summed E-state index contributed by atoms with van der Waals surface area (Å²) in [6.45, 7) is 0.661. The lowest BCUT2D eigenvalue weighted by Crippen LogP contribution is -2.31. The second-order valence-corrected chi connectivity index (χ2v) is 7.80. The Morgan fingerprint density at radius 1 is 1.20 bits per heavy atom. The highest BCUT2D eigenvalue weighted by molar-refractivity contribution is 7.89. The van der Waals surface area contributed by atoms with Gasteiger partial charge in [-0.1, -0.05) is 0 Å². The Morgan fingerprint density at radius 3 is 2.84 bits per heavy atom. The van der Waals surface area contributed by atoms with Gasteiger partial charge in [-0.25, -0.2) is 13.2 Å². The topological polar surface area (TPSA) is 108 Å². The minimum Gasteiger partial charge on any atom is -0.487 e. The maximum Gasteiger partial charge on any atom is 0.323 e. The van der Waals surface area contributed by atoms with E-state index in [9.17, 15) is 13.2 Å². The molecule has 1 aliphatic heterocycles. The summed E-state index contributed by atoms with van der Waals surface area (Å²) in [5.74, 6) is 0.623. The van der Waals surface area contributed by atoms with Gasteiger partial charge in [0.05, 0.1) is 28.7 Å². The maximum absolute atomic E-state index is 12.8. The average Bonchev–Trinajstić information content (AvgIpc) is 3.21. The summed E-state index contributed by atoms with van der Waals surface area (Å²) >= 11 is 0. The molecule has 2 N–H and O–H groups in total. The minimum absolute atomic E-state index is 0.150. The van der Waals surface area contributed by atoms with E-state index in [-0.39, 0.29) is 23.2 Å². The highest BCUT2D eigenvalue weighted by Crippen LogP contribution is 2.25. The molecule has 1 saturated heterocycles. The van der Waals surface area contributed by atoms with E-state index in [1.807, 2.05) is 0 Å². The molecule has 0 unspecified atom stereocenters. The fourth-order valence-electron chi connectivity index (χ4n) is 2.94. The Morgan fingerprint density at radius 2 is 2.04 bits per heavy atom. The van der Waals surface area contributed by atoms with Crippen LogP contribution in [0.3, 0.4) is 0 Å². The fourth-order valence-corrected chi connectivity index (χ4v) is 4.46. The molecule has 1 aliphatic rings. The van der Waals surface area contributed by atoms with Crippen LogP contribution in [-0.2, 0) is 10.0 Å². The minimum atomic E-state index is -3.64. The summed E-state index contributed by atoms with van der Waals surface area (Å²) in [6, 6.07) is 8.11. The van der Waals surface area contributed by atoms with Crippen molar-refractivity contribution < 1.29 is 13.2 Å². The third-order valence-corrected chi connectivity index (χ3v) is 6.03. The zero-order valence-electron chi connectivity index (χ0n) is 13.2. The normalized spacial score (nSPS) is 18.6. The number of hydrogen-bond donors (Lipinski definition) is 2. The molecule has 0 aliphatic carbocycles. The first-order valence-corrected chi connectivity index (χ1v) is 9.25. The Kier molecular flexibility index (Phi) is 3.81. The molecule has 25 heavy (non-hydrogen) atoms. The van der Waals surface area contributed by atoms with Gasteiger partial charge in [-0.15, -0.1) is 0 Å². The number of sulfonamides is 1. The van der Waals surface area contributed by atoms with E-state index in [0.717, 1.165) is 0 Å². The second-order valence-electron chi connectivity index (χ2n) is 5.87. The van der Waals surface area contributed by atoms with Crippen LogP contribution in [0.1, 0.15) is 6.42 Å². The monoisotopic (exact) mass is 360 g/mol. The Bertz CT molecular complexity index is 1060. The molecule has 1 aromatic carbocycles. The van der Waals surface area contributed by atoms with Crippen LogP contribution < -0.4 is 10.4 Å². The van der Waals surface area contributed by atoms with Crippen molar-refractivity contribution in [2.75, 3.05) is 13.1 Å². The number of imidazole rings is 1. The Labute approximate surface area is 143 Å². The van der Waals surface area contributed by atoms with Crippen molar-refractivity contribution in [1.29, 1.82) is 0 Å². The maximum atomic E-state index is 12.8. The van der Waals surface area contributed by atoms with Gasteiger partial charge in [-0.3, -0.25) is 4.98 Å². The average molecular weight is 360 g/mol. The van der Waals surface area contributed by atoms with Gasteiger partial charge in [0.1, 0.15) is 11.9 Å². The molecule has 0 radical (unpaired) electrons. The van der Waals surface area contributed by atoms with Crippen LogP contribution in [0.15, 0.2) is 52.4 Å². The Balaban J connectivity index is 1.54. The zero-order valence-corrected chi connectivity index (χ0v) is 14.0. The van der Waals surface area contributed by atoms with Gasteiger partial charge < -0.3 is 14.7 Å². The second kappa shape index (κ2) is 6.01. The van der Waals surface area contributed by atoms with Crippen molar-refractivity contribution in [3.63, 3.8) is 0 Å². The van der Waals surface area contributed by atoms with Crippen LogP contribution in [-0.4, -0.2) is 46.9 Å². The highest BCUT2D eigenvalue weighted by atomic mass is 32.2. The predicted molar refractivity (Wildman–Crippen MR) is 90.9 cm³/mol. The first-order valence-electron chi connectivity index (χ1n) is 7.81. The predicted octanol–water partition coefficient (Wildman–Crippen LogP) is 1.09. The largest absolute Gasteiger partial charge is 0.487 e. The van der Waals surface area contributed by atoms with Crippen LogP contribution in [0.25, 0.3) is 11.0 Å². The van der Waals surface area contributed by atoms with E-state index < -0.39 is 10.0 Å². The van der Waals surface area contributed by atoms with E-state index in [0.29, 0.717) is 29.7 Å². The summed E-state index contributed by atoms with van der Waals surface area (Å²) in [4.78, 5) is 20.6. The zero-order chi connectivity index (χ0) is 17.4. The number of aromatic amines is 2. The van der Waals surface area contributed by atoms with Crippen molar-refractivity contribution in [3.8, 4) is 5.75 Å². The third kappa shape index (κ3) is 3.03. The summed E-state index contributed by atoms with van der Waals surface area (Å²) in [6.07, 6.45) is 3.65. The summed E-state index contributed by atoms with van der Waals surface area (Å²) in [5.41, 5.74) is 0.673. The molecule has 1 fully saturated rings. The van der Waals surface area contributed by atoms with E-state index in [1.165, 1.54) is 16.4 Å². The number of rotatable bonds is 4. The van der Waals surface area contributed by atoms with E-state index in [1.54, 1.807) is 30.6 Å². The summed E-state index contributed by atoms with van der Waals surface area (Å²) in [7, 11) is -3.64. The Hall–Kier alpha value is -2.65. The van der Waals surface area contributed by atoms with E-state index >= 15 is 0 Å². The SMILES string of the molecule is O=c1[nH]c2ccc(S(=O)(=O)N3CC[C@@H](Oc4cccnc4)C3)cc2[nH]1. The van der Waals surface area contributed by atoms with Gasteiger partial charge in [0, 0.05) is 12.7 Å². The smallest absolute Gasteiger partial charge is 0.323 e. The van der Waals surface area contributed by atoms with Crippen LogP contribution in [0.5, 0.6) is 5.75 Å². The molecule has 3 heterocycles. The molecule has 0 bridgehead atoms. The molecule has 0 spiro atoms. The number of aromatic nitrogens is 3. The van der Waals surface area contributed by atoms with Gasteiger partial charge in [-0.05, 0) is 36.8 Å². The first-order chi connectivity index (χ1) is 12.0. The molecule has 3 aromatic rings. The molecule has 8 nitrogen and oxygen atoms in total. The van der Waals surface area contributed by atoms with Crippen molar-refractivity contribution in [2.24, 2.45) is 0 Å². The molecular formula is C16H16N4O4S. The lowest BCUT2D eigenvalue weighted by Gasteiger charge is -2.17. The van der Waals surface area contributed by atoms with Gasteiger partial charge in [-0.2, -0.15) is 4.31 Å². The standard InChI is InChI=1S/C16H16N4O4S/c21-16-18-14-4-3-13(8-15(14)19-16)25(22,23)20-7-5-12(10-20)24-11-2-1-6-17-9-11/h1-4,6,8-9,12H,5,7,10H2,(H2,18,19,21)/t12-/m1/s1. The molecule has 1 atom stereocenters. The highest BCUT2D eigenvalue weighted by Gasteiger charge is 2.33. The number of hydrogen-bond acceptors (Lipinski definition) is 5. The van der Waals surface area contributed by atoms with Crippen molar-refractivity contribution >= 4 is 21.1 Å². The molecule has 4 rings (SSSR count). The van der Waals surface area contributed by atoms with Crippen LogP contribution in [0.4, 0.5) is 0 Å². The van der Waals surface area contributed by atoms with Crippen LogP contribution in [0, 0.1) is 0 Å². The van der Waals surface area contributed by atoms with Gasteiger partial charge in [0.2, 0.25) is 10.0 Å². The molecular weight excluding hydrogens is 344 g/mol. The lowest BCUT2D eigenvalue weighted by molar-refractivity contribution is 0.214. The van der Waals surface area contributed by atoms with Gasteiger partial charge in [0.25, 0.3) is 0 Å². The molecule has 0 saturated carbocycles. The number of fused-ring (bicyclic) bond motifs is 1. The van der Waals surface area contributed by atoms with Crippen LogP contribution in [0.2, 0.25) is 0 Å². The summed E-state index contributed by atoms with van der Waals surface area (Å²) in [5, 5.41) is 0. The lowest BCUT2D eigenvalue weighted by atomic mass is 10.3. The molecule has 0 amide bonds. The summed E-state index contributed by atoms with van der Waals surface area (Å²) < 4.78 is 32.9. The molecule has 2 aromatic heterocycles. The van der Waals surface area contributed by atoms with Gasteiger partial charge >= 0.3 is 5.69 Å². The van der Waals surface area contributed by atoms with Gasteiger partial charge in [0.15, 0.2) is 0 Å². The van der Waals surface area contributed by atoms with E-state index in [2.05, 4.69) is 15.0 Å². The number of pyridine rings is 1. The first kappa shape index (κ1) is 15.9. The van der Waals surface area contributed by atoms with Crippen molar-refractivity contribution in [2.45, 2.75) is 17.4 Å². The number of benzene rings is 1. The number of H-pyrrole nitrogens is 2. The number of nitrogens with one attached hydrogen (secondary N) is 2. The number of nitrogens with zero attached hydrogens (tertiary/aromatic N) is 2. The quantitative estimate of drug-likeness (QED) is 0.724. The van der Waals surface area contributed by atoms with Crippen molar-refractivity contribution in [1.82, 2.24) is 19.3 Å². The third-order valence-electron chi connectivity index (χ3n) is 4.17. The van der Waals surface area contributed by atoms with Crippen molar-refractivity contribution in [3.05, 3.63) is 53.2 Å². The number of ether oxygens (including phenoxy) is 1. The fraction of sp³-hybridized carbons (Fsp3) is 0.250. The molecule has 130 valence electrons. The van der Waals surface area contributed by atoms with Crippen LogP contribution >= 0.6 is 0 Å². The van der Waals surface area contributed by atoms with E-state index in [4.69, 9.17) is 4.74 Å². The molecule has 9 heteroatoms.